The van der Waals surface area contributed by atoms with E-state index in [0.29, 0.717) is 12.8 Å². The summed E-state index contributed by atoms with van der Waals surface area (Å²) in [5.74, 6) is -0.524. The lowest BCUT2D eigenvalue weighted by Crippen LogP contribution is -2.47. The molecule has 3 N–H and O–H groups in total. The zero-order valence-electron chi connectivity index (χ0n) is 18.0. The van der Waals surface area contributed by atoms with Crippen molar-refractivity contribution in [2.45, 2.75) is 31.8 Å². The number of carbonyl (C=O) groups is 4. The fourth-order valence-corrected chi connectivity index (χ4v) is 3.38. The van der Waals surface area contributed by atoms with Crippen LogP contribution in [-0.4, -0.2) is 48.0 Å². The van der Waals surface area contributed by atoms with E-state index in [9.17, 15) is 19.2 Å². The van der Waals surface area contributed by atoms with Crippen LogP contribution in [0.1, 0.15) is 24.5 Å². The summed E-state index contributed by atoms with van der Waals surface area (Å²) in [6, 6.07) is 15.3. The topological polar surface area (TPSA) is 117 Å². The van der Waals surface area contributed by atoms with E-state index in [0.717, 1.165) is 21.8 Å². The Hall–Kier alpha value is -3.88. The summed E-state index contributed by atoms with van der Waals surface area (Å²) in [6.07, 6.45) is 0.911. The summed E-state index contributed by atoms with van der Waals surface area (Å²) in [7, 11) is 1.58. The minimum absolute atomic E-state index is 0.243. The molecule has 2 aromatic rings. The number of imide groups is 2. The first-order chi connectivity index (χ1) is 15.3. The molecule has 3 rings (SSSR count). The Bertz CT molecular complexity index is 993. The number of urea groups is 2. The lowest BCUT2D eigenvalue weighted by Gasteiger charge is -2.21. The van der Waals surface area contributed by atoms with Crippen molar-refractivity contribution in [3.05, 3.63) is 65.7 Å². The fourth-order valence-electron chi connectivity index (χ4n) is 3.38. The molecule has 6 amide bonds. The molecule has 32 heavy (non-hydrogen) atoms. The second-order valence-electron chi connectivity index (χ2n) is 7.72. The van der Waals surface area contributed by atoms with E-state index in [2.05, 4.69) is 16.0 Å². The molecular formula is C23H26N4O5. The van der Waals surface area contributed by atoms with Gasteiger partial charge < -0.3 is 15.4 Å². The van der Waals surface area contributed by atoms with Crippen LogP contribution in [0.5, 0.6) is 5.75 Å². The highest BCUT2D eigenvalue weighted by molar-refractivity contribution is 6.09. The molecule has 1 saturated heterocycles. The van der Waals surface area contributed by atoms with Crippen molar-refractivity contribution in [3.63, 3.8) is 0 Å². The van der Waals surface area contributed by atoms with Gasteiger partial charge in [0.2, 0.25) is 5.91 Å². The van der Waals surface area contributed by atoms with Crippen molar-refractivity contribution in [2.75, 3.05) is 13.7 Å². The maximum Gasteiger partial charge on any atom is 0.325 e. The molecule has 0 saturated carbocycles. The normalized spacial score (nSPS) is 17.6. The maximum absolute atomic E-state index is 12.8. The Morgan fingerprint density at radius 2 is 1.72 bits per heavy atom. The molecule has 0 spiro atoms. The smallest absolute Gasteiger partial charge is 0.325 e. The standard InChI is InChI=1S/C23H26N4O5/c1-23(13-12-16-8-10-18(32-2)11-9-16)20(29)27(22(31)26-23)15-19(28)25-21(30)24-14-17-6-4-3-5-7-17/h3-11H,12-15H2,1-2H3,(H,26,31)(H2,24,25,28,30). The number of rotatable bonds is 8. The number of aryl methyl sites for hydroxylation is 1. The van der Waals surface area contributed by atoms with Gasteiger partial charge in [0.05, 0.1) is 7.11 Å². The van der Waals surface area contributed by atoms with E-state index in [1.807, 2.05) is 54.6 Å². The molecule has 0 bridgehead atoms. The Balaban J connectivity index is 1.50. The summed E-state index contributed by atoms with van der Waals surface area (Å²) in [5.41, 5.74) is 0.726. The molecule has 0 aliphatic carbocycles. The Kier molecular flexibility index (Phi) is 7.09. The number of hydrogen-bond donors (Lipinski definition) is 3. The van der Waals surface area contributed by atoms with Crippen molar-refractivity contribution in [1.82, 2.24) is 20.9 Å². The summed E-state index contributed by atoms with van der Waals surface area (Å²) in [4.78, 5) is 50.1. The summed E-state index contributed by atoms with van der Waals surface area (Å²) in [5, 5.41) is 7.36. The molecular weight excluding hydrogens is 412 g/mol. The highest BCUT2D eigenvalue weighted by atomic mass is 16.5. The Morgan fingerprint density at radius 1 is 1.03 bits per heavy atom. The average Bonchev–Trinajstić information content (AvgIpc) is 3.00. The third kappa shape index (κ3) is 5.63. The van der Waals surface area contributed by atoms with Gasteiger partial charge in [0.15, 0.2) is 0 Å². The van der Waals surface area contributed by atoms with Crippen molar-refractivity contribution >= 4 is 23.9 Å². The van der Waals surface area contributed by atoms with Gasteiger partial charge in [0, 0.05) is 6.54 Å². The quantitative estimate of drug-likeness (QED) is 0.545. The second-order valence-corrected chi connectivity index (χ2v) is 7.72. The molecule has 9 heteroatoms. The van der Waals surface area contributed by atoms with Gasteiger partial charge in [-0.3, -0.25) is 19.8 Å². The number of nitrogens with one attached hydrogen (secondary N) is 3. The van der Waals surface area contributed by atoms with Crippen molar-refractivity contribution in [2.24, 2.45) is 0 Å². The predicted octanol–water partition coefficient (Wildman–Crippen LogP) is 1.96. The lowest BCUT2D eigenvalue weighted by atomic mass is 9.93. The van der Waals surface area contributed by atoms with Crippen LogP contribution in [0.3, 0.4) is 0 Å². The number of benzene rings is 2. The minimum Gasteiger partial charge on any atom is -0.497 e. The van der Waals surface area contributed by atoms with Gasteiger partial charge in [0.25, 0.3) is 5.91 Å². The number of methoxy groups -OCH3 is 1. The zero-order valence-corrected chi connectivity index (χ0v) is 18.0. The van der Waals surface area contributed by atoms with Crippen LogP contribution in [0.4, 0.5) is 9.59 Å². The SMILES string of the molecule is COc1ccc(CCC2(C)NC(=O)N(CC(=O)NC(=O)NCc3ccccc3)C2=O)cc1. The third-order valence-corrected chi connectivity index (χ3v) is 5.27. The van der Waals surface area contributed by atoms with E-state index in [1.165, 1.54) is 0 Å². The van der Waals surface area contributed by atoms with E-state index >= 15 is 0 Å². The van der Waals surface area contributed by atoms with Crippen LogP contribution in [-0.2, 0) is 22.6 Å². The molecule has 1 heterocycles. The number of nitrogens with zero attached hydrogens (tertiary/aromatic N) is 1. The van der Waals surface area contributed by atoms with E-state index in [4.69, 9.17) is 4.74 Å². The highest BCUT2D eigenvalue weighted by Crippen LogP contribution is 2.24. The van der Waals surface area contributed by atoms with Gasteiger partial charge in [0.1, 0.15) is 17.8 Å². The minimum atomic E-state index is -1.13. The molecule has 1 aliphatic heterocycles. The van der Waals surface area contributed by atoms with Gasteiger partial charge in [-0.1, -0.05) is 42.5 Å². The molecule has 2 aromatic carbocycles. The van der Waals surface area contributed by atoms with Crippen molar-refractivity contribution in [3.8, 4) is 5.75 Å². The van der Waals surface area contributed by atoms with E-state index < -0.39 is 36.0 Å². The van der Waals surface area contributed by atoms with Crippen molar-refractivity contribution in [1.29, 1.82) is 0 Å². The molecule has 168 valence electrons. The molecule has 1 fully saturated rings. The van der Waals surface area contributed by atoms with Crippen LogP contribution in [0.15, 0.2) is 54.6 Å². The van der Waals surface area contributed by atoms with Crippen LogP contribution < -0.4 is 20.7 Å². The molecule has 0 aromatic heterocycles. The van der Waals surface area contributed by atoms with Gasteiger partial charge >= 0.3 is 12.1 Å². The van der Waals surface area contributed by atoms with Gasteiger partial charge in [-0.15, -0.1) is 0 Å². The molecule has 1 atom stereocenters. The van der Waals surface area contributed by atoms with E-state index in [1.54, 1.807) is 14.0 Å². The first-order valence-corrected chi connectivity index (χ1v) is 10.2. The summed E-state index contributed by atoms with van der Waals surface area (Å²) in [6.45, 7) is 1.33. The number of hydrogen-bond acceptors (Lipinski definition) is 5. The molecule has 1 unspecified atom stereocenters. The number of ether oxygens (including phenoxy) is 1. The Morgan fingerprint density at radius 3 is 2.38 bits per heavy atom. The monoisotopic (exact) mass is 438 g/mol. The van der Waals surface area contributed by atoms with Crippen LogP contribution in [0.25, 0.3) is 0 Å². The second kappa shape index (κ2) is 9.95. The maximum atomic E-state index is 12.8. The molecule has 9 nitrogen and oxygen atoms in total. The van der Waals surface area contributed by atoms with Crippen LogP contribution in [0, 0.1) is 0 Å². The number of amides is 6. The van der Waals surface area contributed by atoms with Gasteiger partial charge in [-0.2, -0.15) is 0 Å². The van der Waals surface area contributed by atoms with Gasteiger partial charge in [-0.25, -0.2) is 9.59 Å². The van der Waals surface area contributed by atoms with Crippen molar-refractivity contribution < 1.29 is 23.9 Å². The number of carbonyl (C=O) groups excluding carboxylic acids is 4. The fraction of sp³-hybridized carbons (Fsp3) is 0.304. The van der Waals surface area contributed by atoms with Crippen LogP contribution >= 0.6 is 0 Å². The summed E-state index contributed by atoms with van der Waals surface area (Å²) < 4.78 is 5.13. The average molecular weight is 438 g/mol. The third-order valence-electron chi connectivity index (χ3n) is 5.27. The predicted molar refractivity (Wildman–Crippen MR) is 117 cm³/mol. The Labute approximate surface area is 186 Å². The van der Waals surface area contributed by atoms with E-state index in [-0.39, 0.29) is 6.54 Å². The summed E-state index contributed by atoms with van der Waals surface area (Å²) >= 11 is 0. The van der Waals surface area contributed by atoms with Gasteiger partial charge in [-0.05, 0) is 43.0 Å². The first kappa shape index (κ1) is 22.8. The zero-order chi connectivity index (χ0) is 23.1. The molecule has 1 aliphatic rings. The highest BCUT2D eigenvalue weighted by Gasteiger charge is 2.47. The molecule has 0 radical (unpaired) electrons. The first-order valence-electron chi connectivity index (χ1n) is 10.2. The lowest BCUT2D eigenvalue weighted by molar-refractivity contribution is -0.134. The van der Waals surface area contributed by atoms with Crippen LogP contribution in [0.2, 0.25) is 0 Å². The largest absolute Gasteiger partial charge is 0.497 e.